The molecule has 0 radical (unpaired) electrons. The highest BCUT2D eigenvalue weighted by molar-refractivity contribution is 5.82. The molecule has 0 spiro atoms. The van der Waals surface area contributed by atoms with Crippen molar-refractivity contribution in [2.75, 3.05) is 6.54 Å². The number of rotatable bonds is 6. The number of piperidine rings is 1. The molecule has 2 heterocycles. The van der Waals surface area contributed by atoms with Gasteiger partial charge in [0, 0.05) is 12.3 Å². The van der Waals surface area contributed by atoms with Crippen LogP contribution in [0.15, 0.2) is 30.5 Å². The van der Waals surface area contributed by atoms with E-state index in [1.54, 1.807) is 4.68 Å². The second-order valence-corrected chi connectivity index (χ2v) is 7.43. The zero-order valence-electron chi connectivity index (χ0n) is 15.3. The smallest absolute Gasteiger partial charge is 0.238 e. The number of aromatic nitrogens is 3. The summed E-state index contributed by atoms with van der Waals surface area (Å²) in [6.07, 6.45) is 7.87. The molecule has 2 atom stereocenters. The Morgan fingerprint density at radius 1 is 1.30 bits per heavy atom. The zero-order valence-corrected chi connectivity index (χ0v) is 15.3. The van der Waals surface area contributed by atoms with E-state index in [0.717, 1.165) is 42.8 Å². The van der Waals surface area contributed by atoms with Crippen molar-refractivity contribution >= 4 is 5.91 Å². The van der Waals surface area contributed by atoms with Crippen LogP contribution in [0.25, 0.3) is 5.69 Å². The maximum Gasteiger partial charge on any atom is 0.238 e. The Morgan fingerprint density at radius 2 is 2.11 bits per heavy atom. The summed E-state index contributed by atoms with van der Waals surface area (Å²) in [6, 6.07) is 9.39. The van der Waals surface area contributed by atoms with E-state index >= 15 is 0 Å². The van der Waals surface area contributed by atoms with Gasteiger partial charge in [0.1, 0.15) is 6.04 Å². The fraction of sp³-hybridized carbons (Fsp3) is 0.500. The molecule has 1 saturated carbocycles. The first kappa shape index (κ1) is 17.7. The van der Waals surface area contributed by atoms with Gasteiger partial charge in [0.2, 0.25) is 5.91 Å². The summed E-state index contributed by atoms with van der Waals surface area (Å²) in [7, 11) is 0. The quantitative estimate of drug-likeness (QED) is 0.815. The van der Waals surface area contributed by atoms with Gasteiger partial charge >= 0.3 is 0 Å². The van der Waals surface area contributed by atoms with Gasteiger partial charge in [0.15, 0.2) is 0 Å². The van der Waals surface area contributed by atoms with Gasteiger partial charge in [0.05, 0.1) is 29.7 Å². The van der Waals surface area contributed by atoms with E-state index in [2.05, 4.69) is 27.0 Å². The number of nitriles is 1. The van der Waals surface area contributed by atoms with Gasteiger partial charge < -0.3 is 10.6 Å². The van der Waals surface area contributed by atoms with E-state index in [9.17, 15) is 10.1 Å². The van der Waals surface area contributed by atoms with E-state index < -0.39 is 6.04 Å². The lowest BCUT2D eigenvalue weighted by Crippen LogP contribution is -2.49. The molecule has 1 aliphatic heterocycles. The Hall–Kier alpha value is -2.72. The Bertz CT molecular complexity index is 827. The Morgan fingerprint density at radius 3 is 2.78 bits per heavy atom. The number of hydrogen-bond donors (Lipinski definition) is 2. The lowest BCUT2D eigenvalue weighted by atomic mass is 10.0. The maximum atomic E-state index is 12.3. The monoisotopic (exact) mass is 364 g/mol. The molecule has 1 aromatic heterocycles. The predicted octanol–water partition coefficient (Wildman–Crippen LogP) is 1.84. The standard InChI is InChI=1S/C20H24N6O/c21-12-16(23-20(27)18-3-1-2-10-22-18)11-14-4-8-17(9-5-14)26-13-19(24-25-26)15-6-7-15/h4-5,8-9,13,15-16,18,22H,1-3,6-7,10-11H2,(H,23,27)/t16-,18-/m0/s1. The Balaban J connectivity index is 1.36. The third kappa shape index (κ3) is 4.34. The first-order valence-corrected chi connectivity index (χ1v) is 9.68. The summed E-state index contributed by atoms with van der Waals surface area (Å²) >= 11 is 0. The number of hydrogen-bond acceptors (Lipinski definition) is 5. The molecule has 2 aliphatic rings. The number of nitrogens with zero attached hydrogens (tertiary/aromatic N) is 4. The molecule has 2 fully saturated rings. The summed E-state index contributed by atoms with van der Waals surface area (Å²) < 4.78 is 1.79. The molecule has 2 N–H and O–H groups in total. The van der Waals surface area contributed by atoms with Gasteiger partial charge in [-0.1, -0.05) is 23.8 Å². The van der Waals surface area contributed by atoms with Crippen LogP contribution in [0.4, 0.5) is 0 Å². The number of amides is 1. The second kappa shape index (κ2) is 7.89. The predicted molar refractivity (Wildman–Crippen MR) is 100 cm³/mol. The van der Waals surface area contributed by atoms with E-state index in [0.29, 0.717) is 12.3 Å². The topological polar surface area (TPSA) is 95.6 Å². The number of carbonyl (C=O) groups excluding carboxylic acids is 1. The first-order chi connectivity index (χ1) is 13.2. The summed E-state index contributed by atoms with van der Waals surface area (Å²) in [5, 5.41) is 23.9. The third-order valence-corrected chi connectivity index (χ3v) is 5.25. The maximum absolute atomic E-state index is 12.3. The first-order valence-electron chi connectivity index (χ1n) is 9.68. The van der Waals surface area contributed by atoms with Crippen LogP contribution in [0.2, 0.25) is 0 Å². The van der Waals surface area contributed by atoms with Crippen molar-refractivity contribution < 1.29 is 4.79 Å². The van der Waals surface area contributed by atoms with Crippen molar-refractivity contribution in [3.8, 4) is 11.8 Å². The van der Waals surface area contributed by atoms with Crippen molar-refractivity contribution in [2.24, 2.45) is 0 Å². The highest BCUT2D eigenvalue weighted by Gasteiger charge is 2.26. The van der Waals surface area contributed by atoms with E-state index in [1.165, 1.54) is 12.8 Å². The summed E-state index contributed by atoms with van der Waals surface area (Å²) in [5.41, 5.74) is 3.01. The minimum atomic E-state index is -0.528. The Kier molecular flexibility index (Phi) is 5.16. The van der Waals surface area contributed by atoms with Gasteiger partial charge in [-0.25, -0.2) is 4.68 Å². The van der Waals surface area contributed by atoms with Crippen LogP contribution in [-0.4, -0.2) is 39.5 Å². The lowest BCUT2D eigenvalue weighted by Gasteiger charge is -2.23. The van der Waals surface area contributed by atoms with Crippen LogP contribution in [0.5, 0.6) is 0 Å². The van der Waals surface area contributed by atoms with Gasteiger partial charge in [-0.2, -0.15) is 5.26 Å². The van der Waals surface area contributed by atoms with Gasteiger partial charge in [0.25, 0.3) is 0 Å². The van der Waals surface area contributed by atoms with Crippen LogP contribution < -0.4 is 10.6 Å². The average molecular weight is 364 g/mol. The molecule has 1 aromatic carbocycles. The lowest BCUT2D eigenvalue weighted by molar-refractivity contribution is -0.124. The summed E-state index contributed by atoms with van der Waals surface area (Å²) in [5.74, 6) is 0.504. The van der Waals surface area contributed by atoms with Crippen molar-refractivity contribution in [3.63, 3.8) is 0 Å². The minimum Gasteiger partial charge on any atom is -0.339 e. The fourth-order valence-corrected chi connectivity index (χ4v) is 3.47. The molecule has 0 bridgehead atoms. The van der Waals surface area contributed by atoms with Gasteiger partial charge in [-0.15, -0.1) is 5.10 Å². The minimum absolute atomic E-state index is 0.0758. The largest absolute Gasteiger partial charge is 0.339 e. The van der Waals surface area contributed by atoms with Gasteiger partial charge in [-0.05, 0) is 49.9 Å². The Labute approximate surface area is 158 Å². The third-order valence-electron chi connectivity index (χ3n) is 5.25. The molecule has 27 heavy (non-hydrogen) atoms. The SMILES string of the molecule is N#C[C@H](Cc1ccc(-n2cc(C3CC3)nn2)cc1)NC(=O)[C@@H]1CCCCN1. The molecular weight excluding hydrogens is 340 g/mol. The van der Waals surface area contributed by atoms with Crippen molar-refractivity contribution in [2.45, 2.75) is 56.5 Å². The molecule has 140 valence electrons. The molecule has 2 aromatic rings. The van der Waals surface area contributed by atoms with Crippen LogP contribution in [0, 0.1) is 11.3 Å². The van der Waals surface area contributed by atoms with Crippen LogP contribution in [0.3, 0.4) is 0 Å². The molecular formula is C20H24N6O. The fourth-order valence-electron chi connectivity index (χ4n) is 3.47. The van der Waals surface area contributed by atoms with E-state index in [4.69, 9.17) is 0 Å². The number of nitrogens with one attached hydrogen (secondary N) is 2. The van der Waals surface area contributed by atoms with Crippen LogP contribution >= 0.6 is 0 Å². The molecule has 7 heteroatoms. The molecule has 1 amide bonds. The summed E-state index contributed by atoms with van der Waals surface area (Å²) in [6.45, 7) is 0.863. The number of carbonyl (C=O) groups is 1. The highest BCUT2D eigenvalue weighted by atomic mass is 16.2. The molecule has 7 nitrogen and oxygen atoms in total. The molecule has 4 rings (SSSR count). The molecule has 1 saturated heterocycles. The van der Waals surface area contributed by atoms with E-state index in [1.807, 2.05) is 30.5 Å². The van der Waals surface area contributed by atoms with Crippen LogP contribution in [0.1, 0.15) is 49.3 Å². The van der Waals surface area contributed by atoms with Crippen molar-refractivity contribution in [1.82, 2.24) is 25.6 Å². The number of benzene rings is 1. The van der Waals surface area contributed by atoms with Crippen molar-refractivity contribution in [3.05, 3.63) is 41.7 Å². The van der Waals surface area contributed by atoms with E-state index in [-0.39, 0.29) is 11.9 Å². The second-order valence-electron chi connectivity index (χ2n) is 7.43. The zero-order chi connectivity index (χ0) is 18.6. The average Bonchev–Trinajstić information content (AvgIpc) is 3.45. The normalized spacial score (nSPS) is 20.6. The molecule has 0 unspecified atom stereocenters. The van der Waals surface area contributed by atoms with Crippen LogP contribution in [-0.2, 0) is 11.2 Å². The highest BCUT2D eigenvalue weighted by Crippen LogP contribution is 2.38. The van der Waals surface area contributed by atoms with Gasteiger partial charge in [-0.3, -0.25) is 4.79 Å². The van der Waals surface area contributed by atoms with Crippen molar-refractivity contribution in [1.29, 1.82) is 5.26 Å². The summed E-state index contributed by atoms with van der Waals surface area (Å²) in [4.78, 5) is 12.3. The molecule has 1 aliphatic carbocycles.